The molecule has 0 amide bonds. The maximum absolute atomic E-state index is 12.2. The van der Waals surface area contributed by atoms with Crippen LogP contribution in [0, 0.1) is 5.92 Å². The van der Waals surface area contributed by atoms with Gasteiger partial charge >= 0.3 is 0 Å². The Hall–Kier alpha value is -2.07. The molecule has 1 unspecified atom stereocenters. The highest BCUT2D eigenvalue weighted by Crippen LogP contribution is 2.19. The zero-order valence-corrected chi connectivity index (χ0v) is 12.2. The van der Waals surface area contributed by atoms with E-state index in [0.717, 1.165) is 36.5 Å². The van der Waals surface area contributed by atoms with E-state index in [2.05, 4.69) is 21.9 Å². The Morgan fingerprint density at radius 3 is 2.81 bits per heavy atom. The van der Waals surface area contributed by atoms with Crippen molar-refractivity contribution in [2.45, 2.75) is 12.8 Å². The summed E-state index contributed by atoms with van der Waals surface area (Å²) >= 11 is 0. The van der Waals surface area contributed by atoms with E-state index in [0.29, 0.717) is 12.2 Å². The molecule has 0 N–H and O–H groups in total. The summed E-state index contributed by atoms with van der Waals surface area (Å²) in [7, 11) is 2.06. The summed E-state index contributed by atoms with van der Waals surface area (Å²) in [5, 5.41) is 0. The zero-order chi connectivity index (χ0) is 14.7. The maximum Gasteiger partial charge on any atom is 0.143 e. The molecular weight excluding hydrogens is 262 g/mol. The van der Waals surface area contributed by atoms with Crippen molar-refractivity contribution in [3.63, 3.8) is 0 Å². The molecule has 0 saturated carbocycles. The summed E-state index contributed by atoms with van der Waals surface area (Å²) in [4.78, 5) is 23.2. The van der Waals surface area contributed by atoms with E-state index in [-0.39, 0.29) is 5.92 Å². The van der Waals surface area contributed by atoms with E-state index in [4.69, 9.17) is 0 Å². The fourth-order valence-electron chi connectivity index (χ4n) is 2.73. The predicted octanol–water partition coefficient (Wildman–Crippen LogP) is 2.21. The molecule has 21 heavy (non-hydrogen) atoms. The Labute approximate surface area is 124 Å². The minimum Gasteiger partial charge on any atom is -0.306 e. The molecule has 4 heteroatoms. The molecule has 1 atom stereocenters. The van der Waals surface area contributed by atoms with Crippen molar-refractivity contribution in [3.8, 4) is 11.3 Å². The molecule has 1 fully saturated rings. The number of carbonyl (C=O) groups is 1. The van der Waals surface area contributed by atoms with Gasteiger partial charge in [0.2, 0.25) is 0 Å². The number of nitrogens with zero attached hydrogens (tertiary/aromatic N) is 3. The van der Waals surface area contributed by atoms with Crippen molar-refractivity contribution in [2.75, 3.05) is 20.1 Å². The SMILES string of the molecule is CN1CCC(C(=O)Cc2ccc(-c3ccccn3)cn2)C1. The van der Waals surface area contributed by atoms with Crippen LogP contribution in [0.4, 0.5) is 0 Å². The Morgan fingerprint density at radius 2 is 2.19 bits per heavy atom. The normalized spacial score (nSPS) is 18.8. The highest BCUT2D eigenvalue weighted by molar-refractivity contribution is 5.83. The number of pyridine rings is 2. The van der Waals surface area contributed by atoms with Crippen LogP contribution < -0.4 is 0 Å². The molecule has 3 heterocycles. The lowest BCUT2D eigenvalue weighted by molar-refractivity contribution is -0.121. The highest BCUT2D eigenvalue weighted by atomic mass is 16.1. The van der Waals surface area contributed by atoms with Crippen molar-refractivity contribution in [2.24, 2.45) is 5.92 Å². The Kier molecular flexibility index (Phi) is 4.06. The molecule has 4 nitrogen and oxygen atoms in total. The first kappa shape index (κ1) is 13.9. The second-order valence-corrected chi connectivity index (χ2v) is 5.64. The van der Waals surface area contributed by atoms with Crippen LogP contribution in [0.15, 0.2) is 42.7 Å². The third-order valence-corrected chi connectivity index (χ3v) is 3.99. The number of ketones is 1. The summed E-state index contributed by atoms with van der Waals surface area (Å²) in [6.45, 7) is 1.90. The number of hydrogen-bond acceptors (Lipinski definition) is 4. The van der Waals surface area contributed by atoms with Gasteiger partial charge in [-0.15, -0.1) is 0 Å². The van der Waals surface area contributed by atoms with E-state index in [1.807, 2.05) is 30.3 Å². The van der Waals surface area contributed by atoms with Crippen molar-refractivity contribution in [1.82, 2.24) is 14.9 Å². The van der Waals surface area contributed by atoms with E-state index >= 15 is 0 Å². The van der Waals surface area contributed by atoms with Gasteiger partial charge in [0.15, 0.2) is 0 Å². The minimum atomic E-state index is 0.173. The van der Waals surface area contributed by atoms with Gasteiger partial charge in [0.25, 0.3) is 0 Å². The summed E-state index contributed by atoms with van der Waals surface area (Å²) in [5.41, 5.74) is 2.72. The third kappa shape index (κ3) is 3.34. The summed E-state index contributed by atoms with van der Waals surface area (Å²) < 4.78 is 0. The smallest absolute Gasteiger partial charge is 0.143 e. The second kappa shape index (κ2) is 6.14. The van der Waals surface area contributed by atoms with Gasteiger partial charge in [0.05, 0.1) is 5.69 Å². The Bertz CT molecular complexity index is 610. The molecule has 2 aromatic rings. The van der Waals surface area contributed by atoms with Crippen LogP contribution in [0.5, 0.6) is 0 Å². The van der Waals surface area contributed by atoms with Gasteiger partial charge in [0.1, 0.15) is 5.78 Å². The van der Waals surface area contributed by atoms with Gasteiger partial charge in [-0.2, -0.15) is 0 Å². The van der Waals surface area contributed by atoms with Crippen LogP contribution in [-0.4, -0.2) is 40.8 Å². The van der Waals surface area contributed by atoms with Gasteiger partial charge in [0, 0.05) is 42.5 Å². The standard InChI is InChI=1S/C17H19N3O/c1-20-9-7-14(12-20)17(21)10-15-6-5-13(11-19-15)16-4-2-3-8-18-16/h2-6,8,11,14H,7,9-10,12H2,1H3. The molecule has 1 aliphatic heterocycles. The molecule has 108 valence electrons. The number of likely N-dealkylation sites (tertiary alicyclic amines) is 1. The lowest BCUT2D eigenvalue weighted by Crippen LogP contribution is -2.21. The fourth-order valence-corrected chi connectivity index (χ4v) is 2.73. The second-order valence-electron chi connectivity index (χ2n) is 5.64. The molecule has 0 aromatic carbocycles. The van der Waals surface area contributed by atoms with Crippen LogP contribution >= 0.6 is 0 Å². The van der Waals surface area contributed by atoms with Crippen molar-refractivity contribution in [3.05, 3.63) is 48.4 Å². The molecule has 0 radical (unpaired) electrons. The molecule has 0 bridgehead atoms. The van der Waals surface area contributed by atoms with Crippen LogP contribution in [-0.2, 0) is 11.2 Å². The minimum absolute atomic E-state index is 0.173. The number of aromatic nitrogens is 2. The molecule has 0 spiro atoms. The van der Waals surface area contributed by atoms with Crippen molar-refractivity contribution in [1.29, 1.82) is 0 Å². The average molecular weight is 281 g/mol. The summed E-state index contributed by atoms with van der Waals surface area (Å²) in [6, 6.07) is 9.72. The number of rotatable bonds is 4. The van der Waals surface area contributed by atoms with E-state index in [1.54, 1.807) is 12.4 Å². The molecule has 3 rings (SSSR count). The molecular formula is C17H19N3O. The van der Waals surface area contributed by atoms with E-state index < -0.39 is 0 Å². The van der Waals surface area contributed by atoms with Crippen LogP contribution in [0.1, 0.15) is 12.1 Å². The lowest BCUT2D eigenvalue weighted by Gasteiger charge is -2.09. The van der Waals surface area contributed by atoms with Crippen molar-refractivity contribution >= 4 is 5.78 Å². The van der Waals surface area contributed by atoms with E-state index in [9.17, 15) is 4.79 Å². The van der Waals surface area contributed by atoms with Crippen LogP contribution in [0.2, 0.25) is 0 Å². The fraction of sp³-hybridized carbons (Fsp3) is 0.353. The molecule has 1 saturated heterocycles. The van der Waals surface area contributed by atoms with Gasteiger partial charge in [-0.05, 0) is 44.3 Å². The van der Waals surface area contributed by atoms with Gasteiger partial charge in [-0.25, -0.2) is 0 Å². The maximum atomic E-state index is 12.2. The Morgan fingerprint density at radius 1 is 1.29 bits per heavy atom. The lowest BCUT2D eigenvalue weighted by atomic mass is 9.99. The quantitative estimate of drug-likeness (QED) is 0.862. The van der Waals surface area contributed by atoms with Gasteiger partial charge in [-0.1, -0.05) is 6.07 Å². The molecule has 1 aliphatic rings. The predicted molar refractivity (Wildman–Crippen MR) is 81.8 cm³/mol. The monoisotopic (exact) mass is 281 g/mol. The third-order valence-electron chi connectivity index (χ3n) is 3.99. The zero-order valence-electron chi connectivity index (χ0n) is 12.2. The highest BCUT2D eigenvalue weighted by Gasteiger charge is 2.26. The van der Waals surface area contributed by atoms with Crippen LogP contribution in [0.3, 0.4) is 0 Å². The number of carbonyl (C=O) groups excluding carboxylic acids is 1. The van der Waals surface area contributed by atoms with E-state index in [1.165, 1.54) is 0 Å². The first-order chi connectivity index (χ1) is 10.2. The first-order valence-electron chi connectivity index (χ1n) is 7.30. The van der Waals surface area contributed by atoms with Crippen LogP contribution in [0.25, 0.3) is 11.3 Å². The number of hydrogen-bond donors (Lipinski definition) is 0. The number of Topliss-reactive ketones (excluding diaryl/α,β-unsaturated/α-hetero) is 1. The summed E-state index contributed by atoms with van der Waals surface area (Å²) in [5.74, 6) is 0.477. The first-order valence-corrected chi connectivity index (χ1v) is 7.30. The topological polar surface area (TPSA) is 46.1 Å². The molecule has 0 aliphatic carbocycles. The van der Waals surface area contributed by atoms with Crippen molar-refractivity contribution < 1.29 is 4.79 Å². The van der Waals surface area contributed by atoms with Gasteiger partial charge in [-0.3, -0.25) is 14.8 Å². The average Bonchev–Trinajstić information content (AvgIpc) is 2.96. The van der Waals surface area contributed by atoms with Gasteiger partial charge < -0.3 is 4.90 Å². The largest absolute Gasteiger partial charge is 0.306 e. The molecule has 2 aromatic heterocycles. The summed E-state index contributed by atoms with van der Waals surface area (Å²) in [6.07, 6.45) is 4.97. The Balaban J connectivity index is 1.66.